The molecule has 2 N–H and O–H groups in total. The molecule has 0 amide bonds. The van der Waals surface area contributed by atoms with Crippen LogP contribution in [-0.2, 0) is 0 Å². The predicted octanol–water partition coefficient (Wildman–Crippen LogP) is 2.90. The fourth-order valence-electron chi connectivity index (χ4n) is 1.40. The van der Waals surface area contributed by atoms with Gasteiger partial charge in [0, 0.05) is 18.0 Å². The SMILES string of the molecule is CPC(=O)c1cc(Oc2ccc(N)cc2)ccn1. The summed E-state index contributed by atoms with van der Waals surface area (Å²) in [4.78, 5) is 15.6. The van der Waals surface area contributed by atoms with E-state index in [0.717, 1.165) is 0 Å². The van der Waals surface area contributed by atoms with E-state index in [9.17, 15) is 4.79 Å². The Morgan fingerprint density at radius 1 is 1.22 bits per heavy atom. The van der Waals surface area contributed by atoms with Gasteiger partial charge in [-0.1, -0.05) is 0 Å². The maximum Gasteiger partial charge on any atom is 0.199 e. The lowest BCUT2D eigenvalue weighted by atomic mass is 10.3. The number of benzene rings is 1. The molecule has 1 aromatic carbocycles. The second kappa shape index (κ2) is 5.61. The van der Waals surface area contributed by atoms with Gasteiger partial charge in [0.25, 0.3) is 0 Å². The fraction of sp³-hybridized carbons (Fsp3) is 0.0769. The van der Waals surface area contributed by atoms with Crippen molar-refractivity contribution in [3.8, 4) is 11.5 Å². The van der Waals surface area contributed by atoms with Gasteiger partial charge >= 0.3 is 0 Å². The van der Waals surface area contributed by atoms with Crippen molar-refractivity contribution in [1.82, 2.24) is 4.98 Å². The Morgan fingerprint density at radius 2 is 1.94 bits per heavy atom. The molecule has 0 radical (unpaired) electrons. The van der Waals surface area contributed by atoms with Gasteiger partial charge in [-0.15, -0.1) is 0 Å². The molecule has 0 aliphatic heterocycles. The third-order valence-electron chi connectivity index (χ3n) is 2.31. The zero-order valence-electron chi connectivity index (χ0n) is 9.88. The van der Waals surface area contributed by atoms with Crippen molar-refractivity contribution < 1.29 is 9.53 Å². The summed E-state index contributed by atoms with van der Waals surface area (Å²) < 4.78 is 5.62. The molecule has 1 atom stereocenters. The third-order valence-corrected chi connectivity index (χ3v) is 3.02. The van der Waals surface area contributed by atoms with Gasteiger partial charge in [-0.25, -0.2) is 0 Å². The molecule has 0 saturated carbocycles. The van der Waals surface area contributed by atoms with Crippen LogP contribution in [-0.4, -0.2) is 17.2 Å². The normalized spacial score (nSPS) is 10.7. The highest BCUT2D eigenvalue weighted by atomic mass is 31.1. The maximum absolute atomic E-state index is 11.5. The highest BCUT2D eigenvalue weighted by Crippen LogP contribution is 2.23. The Kier molecular flexibility index (Phi) is 3.90. The van der Waals surface area contributed by atoms with E-state index in [4.69, 9.17) is 10.5 Å². The molecule has 0 saturated heterocycles. The highest BCUT2D eigenvalue weighted by Gasteiger charge is 2.06. The van der Waals surface area contributed by atoms with E-state index in [0.29, 0.717) is 22.9 Å². The van der Waals surface area contributed by atoms with Gasteiger partial charge < -0.3 is 10.5 Å². The van der Waals surface area contributed by atoms with E-state index >= 15 is 0 Å². The van der Waals surface area contributed by atoms with E-state index in [1.807, 2.05) is 6.66 Å². The van der Waals surface area contributed by atoms with Crippen LogP contribution >= 0.6 is 8.58 Å². The van der Waals surface area contributed by atoms with E-state index in [1.54, 1.807) is 42.6 Å². The fourth-order valence-corrected chi connectivity index (χ4v) is 1.79. The second-order valence-corrected chi connectivity index (χ2v) is 4.58. The van der Waals surface area contributed by atoms with Crippen molar-refractivity contribution in [2.75, 3.05) is 12.4 Å². The molecule has 5 heteroatoms. The van der Waals surface area contributed by atoms with E-state index in [2.05, 4.69) is 4.98 Å². The number of nitrogens with two attached hydrogens (primary N) is 1. The maximum atomic E-state index is 11.5. The first-order valence-corrected chi connectivity index (χ1v) is 6.90. The molecule has 92 valence electrons. The molecule has 2 rings (SSSR count). The van der Waals surface area contributed by atoms with Gasteiger partial charge in [-0.05, 0) is 45.6 Å². The Labute approximate surface area is 107 Å². The van der Waals surface area contributed by atoms with Crippen molar-refractivity contribution >= 4 is 19.8 Å². The first-order valence-electron chi connectivity index (χ1n) is 5.40. The Morgan fingerprint density at radius 3 is 2.61 bits per heavy atom. The number of pyridine rings is 1. The predicted molar refractivity (Wildman–Crippen MR) is 73.7 cm³/mol. The molecule has 18 heavy (non-hydrogen) atoms. The lowest BCUT2D eigenvalue weighted by Crippen LogP contribution is -1.95. The van der Waals surface area contributed by atoms with Gasteiger partial charge in [0.15, 0.2) is 5.52 Å². The van der Waals surface area contributed by atoms with Gasteiger partial charge in [0.2, 0.25) is 0 Å². The molecule has 0 aliphatic rings. The zero-order chi connectivity index (χ0) is 13.0. The van der Waals surface area contributed by atoms with Crippen molar-refractivity contribution in [2.45, 2.75) is 0 Å². The minimum Gasteiger partial charge on any atom is -0.457 e. The van der Waals surface area contributed by atoms with Crippen molar-refractivity contribution in [2.24, 2.45) is 0 Å². The number of carbonyl (C=O) groups is 1. The quantitative estimate of drug-likeness (QED) is 0.678. The molecular formula is C13H13N2O2P. The van der Waals surface area contributed by atoms with Gasteiger partial charge in [-0.2, -0.15) is 0 Å². The van der Waals surface area contributed by atoms with Gasteiger partial charge in [-0.3, -0.25) is 9.78 Å². The van der Waals surface area contributed by atoms with Crippen LogP contribution in [0, 0.1) is 0 Å². The van der Waals surface area contributed by atoms with E-state index in [-0.39, 0.29) is 14.1 Å². The number of hydrogen-bond donors (Lipinski definition) is 1. The number of rotatable bonds is 4. The van der Waals surface area contributed by atoms with Gasteiger partial charge in [0.1, 0.15) is 17.2 Å². The molecule has 0 fully saturated rings. The van der Waals surface area contributed by atoms with E-state index < -0.39 is 0 Å². The number of ether oxygens (including phenoxy) is 1. The minimum atomic E-state index is 0.0257. The molecule has 1 heterocycles. The second-order valence-electron chi connectivity index (χ2n) is 3.63. The number of hydrogen-bond acceptors (Lipinski definition) is 4. The summed E-state index contributed by atoms with van der Waals surface area (Å²) >= 11 is 0. The van der Waals surface area contributed by atoms with Crippen molar-refractivity contribution in [3.63, 3.8) is 0 Å². The van der Waals surface area contributed by atoms with Crippen LogP contribution in [0.1, 0.15) is 10.5 Å². The van der Waals surface area contributed by atoms with Crippen LogP contribution in [0.15, 0.2) is 42.6 Å². The van der Waals surface area contributed by atoms with Crippen LogP contribution in [0.2, 0.25) is 0 Å². The summed E-state index contributed by atoms with van der Waals surface area (Å²) in [6.45, 7) is 1.83. The molecule has 1 aromatic heterocycles. The third kappa shape index (κ3) is 3.05. The Hall–Kier alpha value is -1.93. The smallest absolute Gasteiger partial charge is 0.199 e. The number of nitrogen functional groups attached to an aromatic ring is 1. The molecule has 0 aliphatic carbocycles. The summed E-state index contributed by atoms with van der Waals surface area (Å²) in [5.74, 6) is 1.27. The monoisotopic (exact) mass is 260 g/mol. The lowest BCUT2D eigenvalue weighted by molar-refractivity contribution is 0.108. The Balaban J connectivity index is 2.19. The highest BCUT2D eigenvalue weighted by molar-refractivity contribution is 7.58. The number of nitrogens with zero attached hydrogens (tertiary/aromatic N) is 1. The average molecular weight is 260 g/mol. The summed E-state index contributed by atoms with van der Waals surface area (Å²) in [7, 11) is 0.198. The van der Waals surface area contributed by atoms with Crippen LogP contribution in [0.4, 0.5) is 5.69 Å². The average Bonchev–Trinajstić information content (AvgIpc) is 2.41. The topological polar surface area (TPSA) is 65.2 Å². The number of anilines is 1. The van der Waals surface area contributed by atoms with Crippen molar-refractivity contribution in [1.29, 1.82) is 0 Å². The van der Waals surface area contributed by atoms with Crippen LogP contribution < -0.4 is 10.5 Å². The molecule has 2 aromatic rings. The standard InChI is InChI=1S/C13H13N2O2P/c1-18-13(16)12-8-11(6-7-15-12)17-10-4-2-9(14)3-5-10/h2-8,18H,14H2,1H3. The zero-order valence-corrected chi connectivity index (χ0v) is 10.9. The Bertz CT molecular complexity index is 555. The molecule has 1 unspecified atom stereocenters. The minimum absolute atomic E-state index is 0.0257. The number of aromatic nitrogens is 1. The lowest BCUT2D eigenvalue weighted by Gasteiger charge is -2.06. The van der Waals surface area contributed by atoms with Crippen LogP contribution in [0.25, 0.3) is 0 Å². The van der Waals surface area contributed by atoms with Crippen molar-refractivity contribution in [3.05, 3.63) is 48.3 Å². The molecular weight excluding hydrogens is 247 g/mol. The summed E-state index contributed by atoms with van der Waals surface area (Å²) in [6, 6.07) is 10.4. The summed E-state index contributed by atoms with van der Waals surface area (Å²) in [6.07, 6.45) is 1.57. The van der Waals surface area contributed by atoms with Crippen LogP contribution in [0.3, 0.4) is 0 Å². The summed E-state index contributed by atoms with van der Waals surface area (Å²) in [5, 5.41) is 0. The molecule has 4 nitrogen and oxygen atoms in total. The molecule has 0 spiro atoms. The first-order chi connectivity index (χ1) is 8.69. The largest absolute Gasteiger partial charge is 0.457 e. The summed E-state index contributed by atoms with van der Waals surface area (Å²) in [5.41, 5.74) is 6.73. The van der Waals surface area contributed by atoms with Gasteiger partial charge in [0.05, 0.1) is 0 Å². The first kappa shape index (κ1) is 12.5. The van der Waals surface area contributed by atoms with E-state index in [1.165, 1.54) is 0 Å². The molecule has 0 bridgehead atoms. The van der Waals surface area contributed by atoms with Crippen LogP contribution in [0.5, 0.6) is 11.5 Å². The number of carbonyl (C=O) groups excluding carboxylic acids is 1.